The van der Waals surface area contributed by atoms with E-state index in [0.717, 1.165) is 6.42 Å². The average Bonchev–Trinajstić information content (AvgIpc) is 2.45. The van der Waals surface area contributed by atoms with Crippen LogP contribution in [0.5, 0.6) is 0 Å². The molecule has 0 fully saturated rings. The summed E-state index contributed by atoms with van der Waals surface area (Å²) in [6.45, 7) is 5.18. The highest BCUT2D eigenvalue weighted by atomic mass is 16.4. The molecule has 0 aromatic carbocycles. The van der Waals surface area contributed by atoms with Crippen LogP contribution < -0.4 is 17.2 Å². The number of nitrogens with two attached hydrogens (primary N) is 3. The van der Waals surface area contributed by atoms with E-state index >= 15 is 0 Å². The summed E-state index contributed by atoms with van der Waals surface area (Å²) >= 11 is 0. The molecule has 10 N–H and O–H groups in total. The molecule has 0 saturated carbocycles. The Kier molecular flexibility index (Phi) is 15.9. The molecule has 142 valence electrons. The van der Waals surface area contributed by atoms with Crippen LogP contribution in [-0.4, -0.2) is 62.4 Å². The lowest BCUT2D eigenvalue weighted by Crippen LogP contribution is -2.36. The third-order valence-corrected chi connectivity index (χ3v) is 2.64. The number of carbonyl (C=O) groups is 4. The Balaban J connectivity index is -0.000000282. The van der Waals surface area contributed by atoms with Crippen molar-refractivity contribution in [2.75, 3.05) is 0 Å². The smallest absolute Gasteiger partial charge is 0.321 e. The van der Waals surface area contributed by atoms with E-state index in [1.165, 1.54) is 6.92 Å². The zero-order valence-electron chi connectivity index (χ0n) is 13.9. The minimum Gasteiger partial charge on any atom is -0.481 e. The van der Waals surface area contributed by atoms with Gasteiger partial charge in [0.2, 0.25) is 0 Å². The van der Waals surface area contributed by atoms with Crippen molar-refractivity contribution in [3.05, 3.63) is 0 Å². The van der Waals surface area contributed by atoms with Crippen molar-refractivity contribution in [3.63, 3.8) is 0 Å². The summed E-state index contributed by atoms with van der Waals surface area (Å²) in [6.07, 6.45) is 0.281. The third-order valence-electron chi connectivity index (χ3n) is 2.64. The number of hydrogen-bond acceptors (Lipinski definition) is 7. The second kappa shape index (κ2) is 14.4. The van der Waals surface area contributed by atoms with E-state index in [-0.39, 0.29) is 5.92 Å². The second-order valence-corrected chi connectivity index (χ2v) is 4.92. The molecule has 0 aliphatic carbocycles. The molecular weight excluding hydrogens is 326 g/mol. The molecule has 0 amide bonds. The van der Waals surface area contributed by atoms with E-state index in [4.69, 9.17) is 37.6 Å². The number of carboxylic acids is 4. The van der Waals surface area contributed by atoms with Crippen molar-refractivity contribution in [3.8, 4) is 0 Å². The quantitative estimate of drug-likeness (QED) is 0.285. The summed E-state index contributed by atoms with van der Waals surface area (Å²) in [5.41, 5.74) is 14.9. The first kappa shape index (κ1) is 26.6. The number of rotatable bonds is 7. The predicted molar refractivity (Wildman–Crippen MR) is 84.2 cm³/mol. The van der Waals surface area contributed by atoms with Gasteiger partial charge in [-0.2, -0.15) is 0 Å². The minimum absolute atomic E-state index is 0.0718. The molecule has 0 aliphatic rings. The van der Waals surface area contributed by atoms with Gasteiger partial charge in [0.1, 0.15) is 18.1 Å². The Labute approximate surface area is 139 Å². The fourth-order valence-corrected chi connectivity index (χ4v) is 0.773. The van der Waals surface area contributed by atoms with Gasteiger partial charge in [-0.3, -0.25) is 19.2 Å². The fourth-order valence-electron chi connectivity index (χ4n) is 0.773. The molecule has 0 aliphatic heterocycles. The van der Waals surface area contributed by atoms with Crippen molar-refractivity contribution < 1.29 is 39.6 Å². The minimum atomic E-state index is -1.29. The lowest BCUT2D eigenvalue weighted by atomic mass is 10.0. The van der Waals surface area contributed by atoms with Gasteiger partial charge in [0, 0.05) is 0 Å². The molecule has 0 aromatic rings. The Morgan fingerprint density at radius 1 is 0.833 bits per heavy atom. The summed E-state index contributed by atoms with van der Waals surface area (Å²) < 4.78 is 0. The highest BCUT2D eigenvalue weighted by molar-refractivity contribution is 5.80. The molecule has 24 heavy (non-hydrogen) atoms. The standard InChI is InChI=1S/C6H13NO2.C4H7NO4.C3H7NO2/c1-3-4(2)5(7)6(8)9;5-2(4(8)9)1-3(6)7;1-2(4)3(5)6/h4-5H,3,7H2,1-2H3,(H,8,9);2H,1,5H2,(H,6,7)(H,8,9);2H,4H2,1H3,(H,5,6)/t4-,5-;2*2-/m000/s1. The maximum atomic E-state index is 10.2. The second-order valence-electron chi connectivity index (χ2n) is 4.92. The van der Waals surface area contributed by atoms with Gasteiger partial charge in [-0.15, -0.1) is 0 Å². The van der Waals surface area contributed by atoms with Crippen LogP contribution in [0.4, 0.5) is 0 Å². The topological polar surface area (TPSA) is 227 Å². The molecule has 0 radical (unpaired) electrons. The summed E-state index contributed by atoms with van der Waals surface area (Å²) in [4.78, 5) is 39.4. The predicted octanol–water partition coefficient (Wildman–Crippen LogP) is -1.26. The Morgan fingerprint density at radius 3 is 1.29 bits per heavy atom. The van der Waals surface area contributed by atoms with E-state index in [1.54, 1.807) is 0 Å². The van der Waals surface area contributed by atoms with Crippen molar-refractivity contribution in [2.45, 2.75) is 51.7 Å². The van der Waals surface area contributed by atoms with Gasteiger partial charge in [0.25, 0.3) is 0 Å². The first-order valence-electron chi connectivity index (χ1n) is 6.94. The van der Waals surface area contributed by atoms with Crippen LogP contribution in [0.15, 0.2) is 0 Å². The van der Waals surface area contributed by atoms with Gasteiger partial charge in [-0.1, -0.05) is 20.3 Å². The van der Waals surface area contributed by atoms with Gasteiger partial charge in [0.05, 0.1) is 6.42 Å². The molecule has 0 unspecified atom stereocenters. The van der Waals surface area contributed by atoms with Crippen molar-refractivity contribution in [1.29, 1.82) is 0 Å². The van der Waals surface area contributed by atoms with Crippen LogP contribution in [0.2, 0.25) is 0 Å². The van der Waals surface area contributed by atoms with Crippen LogP contribution in [0.1, 0.15) is 33.6 Å². The SMILES string of the molecule is CC[C@H](C)[C@H](N)C(=O)O.C[C@H](N)C(=O)O.N[C@@H](CC(=O)O)C(=O)O. The highest BCUT2D eigenvalue weighted by Gasteiger charge is 2.17. The Bertz CT molecular complexity index is 414. The molecule has 0 aromatic heterocycles. The summed E-state index contributed by atoms with van der Waals surface area (Å²) in [5, 5.41) is 32.3. The maximum absolute atomic E-state index is 10.2. The first-order chi connectivity index (χ1) is 10.8. The van der Waals surface area contributed by atoms with Crippen LogP contribution in [0.25, 0.3) is 0 Å². The lowest BCUT2D eigenvalue weighted by Gasteiger charge is -2.11. The molecule has 0 spiro atoms. The lowest BCUT2D eigenvalue weighted by molar-refractivity contribution is -0.144. The molecule has 0 bridgehead atoms. The maximum Gasteiger partial charge on any atom is 0.321 e. The number of hydrogen-bond donors (Lipinski definition) is 7. The van der Waals surface area contributed by atoms with Gasteiger partial charge >= 0.3 is 23.9 Å². The molecule has 0 rings (SSSR count). The van der Waals surface area contributed by atoms with Crippen molar-refractivity contribution >= 4 is 23.9 Å². The van der Waals surface area contributed by atoms with Gasteiger partial charge in [-0.05, 0) is 12.8 Å². The van der Waals surface area contributed by atoms with Gasteiger partial charge < -0.3 is 37.6 Å². The van der Waals surface area contributed by atoms with E-state index in [1.807, 2.05) is 13.8 Å². The molecular formula is C13H27N3O8. The Morgan fingerprint density at radius 2 is 1.21 bits per heavy atom. The molecule has 4 atom stereocenters. The summed E-state index contributed by atoms with van der Waals surface area (Å²) in [5.74, 6) is -4.30. The monoisotopic (exact) mass is 353 g/mol. The zero-order valence-corrected chi connectivity index (χ0v) is 13.9. The van der Waals surface area contributed by atoms with Gasteiger partial charge in [0.15, 0.2) is 0 Å². The summed E-state index contributed by atoms with van der Waals surface area (Å²) in [7, 11) is 0. The molecule has 0 heterocycles. The molecule has 11 heteroatoms. The Hall–Kier alpha value is -2.24. The van der Waals surface area contributed by atoms with E-state index in [2.05, 4.69) is 0 Å². The normalized spacial score (nSPS) is 14.4. The van der Waals surface area contributed by atoms with Gasteiger partial charge in [-0.25, -0.2) is 0 Å². The average molecular weight is 353 g/mol. The highest BCUT2D eigenvalue weighted by Crippen LogP contribution is 2.04. The summed E-state index contributed by atoms with van der Waals surface area (Å²) in [6, 6.07) is -2.72. The van der Waals surface area contributed by atoms with E-state index in [9.17, 15) is 19.2 Å². The van der Waals surface area contributed by atoms with Crippen LogP contribution in [0.3, 0.4) is 0 Å². The van der Waals surface area contributed by atoms with Crippen molar-refractivity contribution in [1.82, 2.24) is 0 Å². The molecule has 0 saturated heterocycles. The first-order valence-corrected chi connectivity index (χ1v) is 6.94. The van der Waals surface area contributed by atoms with Crippen molar-refractivity contribution in [2.24, 2.45) is 23.1 Å². The third kappa shape index (κ3) is 17.8. The number of aliphatic carboxylic acids is 4. The van der Waals surface area contributed by atoms with Crippen LogP contribution in [0, 0.1) is 5.92 Å². The van der Waals surface area contributed by atoms with E-state index in [0.29, 0.717) is 0 Å². The van der Waals surface area contributed by atoms with E-state index < -0.39 is 48.4 Å². The zero-order chi connectivity index (χ0) is 20.0. The number of carboxylic acid groups (broad SMARTS) is 4. The fraction of sp³-hybridized carbons (Fsp3) is 0.692. The van der Waals surface area contributed by atoms with Crippen LogP contribution >= 0.6 is 0 Å². The van der Waals surface area contributed by atoms with Crippen LogP contribution in [-0.2, 0) is 19.2 Å². The molecule has 11 nitrogen and oxygen atoms in total. The largest absolute Gasteiger partial charge is 0.481 e.